The van der Waals surface area contributed by atoms with Crippen LogP contribution in [0.5, 0.6) is 0 Å². The van der Waals surface area contributed by atoms with Gasteiger partial charge in [0.1, 0.15) is 11.8 Å². The third-order valence-corrected chi connectivity index (χ3v) is 2.81. The van der Waals surface area contributed by atoms with Crippen molar-refractivity contribution in [2.75, 3.05) is 0 Å². The van der Waals surface area contributed by atoms with Crippen LogP contribution in [0.2, 0.25) is 0 Å². The minimum atomic E-state index is -1.93. The minimum Gasteiger partial charge on any atom is -0.871 e. The molecule has 2 rings (SSSR count). The van der Waals surface area contributed by atoms with Gasteiger partial charge in [-0.05, 0) is 35.9 Å². The van der Waals surface area contributed by atoms with Crippen molar-refractivity contribution < 1.29 is 41.0 Å². The van der Waals surface area contributed by atoms with Gasteiger partial charge in [0.15, 0.2) is 0 Å². The summed E-state index contributed by atoms with van der Waals surface area (Å²) >= 11 is 0. The van der Waals surface area contributed by atoms with E-state index in [1.807, 2.05) is 0 Å². The average Bonchev–Trinajstić information content (AvgIpc) is 2.89. The van der Waals surface area contributed by atoms with E-state index >= 15 is 0 Å². The third-order valence-electron chi connectivity index (χ3n) is 2.81. The number of rotatable bonds is 5. The SMILES string of the molecule is O=C([O-])C(=O)/C=C(\[O-])c1cccn1Cc1ccc(F)cc1.[Co+2]. The molecule has 0 saturated carbocycles. The zero-order valence-corrected chi connectivity index (χ0v) is 12.2. The molecular formula is C15H10CoFNO4. The Kier molecular flexibility index (Phi) is 6.08. The molecule has 0 unspecified atom stereocenters. The number of ketones is 1. The van der Waals surface area contributed by atoms with Gasteiger partial charge in [0, 0.05) is 18.4 Å². The zero-order chi connectivity index (χ0) is 15.4. The van der Waals surface area contributed by atoms with Crippen LogP contribution >= 0.6 is 0 Å². The second-order valence-corrected chi connectivity index (χ2v) is 4.31. The first-order valence-electron chi connectivity index (χ1n) is 6.01. The monoisotopic (exact) mass is 346 g/mol. The van der Waals surface area contributed by atoms with E-state index in [4.69, 9.17) is 0 Å². The van der Waals surface area contributed by atoms with Crippen molar-refractivity contribution >= 4 is 17.5 Å². The van der Waals surface area contributed by atoms with Crippen molar-refractivity contribution in [1.29, 1.82) is 0 Å². The number of carbonyl (C=O) groups is 2. The predicted octanol–water partition coefficient (Wildman–Crippen LogP) is -0.307. The fraction of sp³-hybridized carbons (Fsp3) is 0.0667. The molecule has 1 aromatic heterocycles. The maximum atomic E-state index is 12.8. The van der Waals surface area contributed by atoms with Gasteiger partial charge in [0.05, 0.1) is 0 Å². The molecule has 0 saturated heterocycles. The Labute approximate surface area is 135 Å². The fourth-order valence-electron chi connectivity index (χ4n) is 1.81. The molecule has 1 heterocycles. The summed E-state index contributed by atoms with van der Waals surface area (Å²) in [5.74, 6) is -4.40. The molecule has 0 atom stereocenters. The number of nitrogens with zero attached hydrogens (tertiary/aromatic N) is 1. The van der Waals surface area contributed by atoms with Gasteiger partial charge in [0.2, 0.25) is 5.78 Å². The molecule has 1 aromatic carbocycles. The summed E-state index contributed by atoms with van der Waals surface area (Å²) in [5.41, 5.74) is 0.918. The molecule has 0 aliphatic rings. The second kappa shape index (κ2) is 7.58. The smallest absolute Gasteiger partial charge is 0.871 e. The first-order valence-corrected chi connectivity index (χ1v) is 6.01. The first kappa shape index (κ1) is 17.7. The number of carbonyl (C=O) groups excluding carboxylic acids is 2. The number of hydrogen-bond acceptors (Lipinski definition) is 4. The van der Waals surface area contributed by atoms with E-state index in [9.17, 15) is 24.2 Å². The second-order valence-electron chi connectivity index (χ2n) is 4.31. The van der Waals surface area contributed by atoms with Gasteiger partial charge in [-0.25, -0.2) is 4.39 Å². The Morgan fingerprint density at radius 3 is 2.36 bits per heavy atom. The van der Waals surface area contributed by atoms with Crippen LogP contribution in [0.3, 0.4) is 0 Å². The summed E-state index contributed by atoms with van der Waals surface area (Å²) in [6.07, 6.45) is 2.08. The molecular weight excluding hydrogens is 336 g/mol. The van der Waals surface area contributed by atoms with Crippen LogP contribution in [0.4, 0.5) is 4.39 Å². The van der Waals surface area contributed by atoms with E-state index in [-0.39, 0.29) is 28.3 Å². The summed E-state index contributed by atoms with van der Waals surface area (Å²) in [6, 6.07) is 8.79. The summed E-state index contributed by atoms with van der Waals surface area (Å²) in [5, 5.41) is 22.2. The number of carboxylic acid groups (broad SMARTS) is 1. The predicted molar refractivity (Wildman–Crippen MR) is 67.9 cm³/mol. The molecule has 0 amide bonds. The number of carboxylic acids is 1. The van der Waals surface area contributed by atoms with Gasteiger partial charge < -0.3 is 19.6 Å². The number of aromatic nitrogens is 1. The normalized spacial score (nSPS) is 10.9. The molecule has 0 fully saturated rings. The van der Waals surface area contributed by atoms with Crippen LogP contribution in [-0.2, 0) is 32.9 Å². The Morgan fingerprint density at radius 1 is 1.14 bits per heavy atom. The van der Waals surface area contributed by atoms with Gasteiger partial charge in [-0.1, -0.05) is 17.9 Å². The quantitative estimate of drug-likeness (QED) is 0.422. The van der Waals surface area contributed by atoms with E-state index < -0.39 is 17.5 Å². The summed E-state index contributed by atoms with van der Waals surface area (Å²) in [7, 11) is 0. The van der Waals surface area contributed by atoms with Crippen LogP contribution in [-0.4, -0.2) is 16.3 Å². The van der Waals surface area contributed by atoms with E-state index in [2.05, 4.69) is 0 Å². The summed E-state index contributed by atoms with van der Waals surface area (Å²) in [4.78, 5) is 21.3. The maximum Gasteiger partial charge on any atom is 2.00 e. The molecule has 5 nitrogen and oxygen atoms in total. The molecule has 1 radical (unpaired) electrons. The third kappa shape index (κ3) is 4.30. The van der Waals surface area contributed by atoms with Crippen LogP contribution in [0.15, 0.2) is 48.7 Å². The average molecular weight is 346 g/mol. The summed E-state index contributed by atoms with van der Waals surface area (Å²) < 4.78 is 14.4. The number of hydrogen-bond donors (Lipinski definition) is 0. The Balaban J connectivity index is 0.00000242. The Morgan fingerprint density at radius 2 is 1.77 bits per heavy atom. The molecule has 0 aliphatic heterocycles. The minimum absolute atomic E-state index is 0. The maximum absolute atomic E-state index is 12.8. The van der Waals surface area contributed by atoms with E-state index in [0.717, 1.165) is 5.56 Å². The van der Waals surface area contributed by atoms with Crippen molar-refractivity contribution in [3.05, 3.63) is 65.7 Å². The molecule has 0 aliphatic carbocycles. The summed E-state index contributed by atoms with van der Waals surface area (Å²) in [6.45, 7) is 0.293. The van der Waals surface area contributed by atoms with Crippen LogP contribution in [0.25, 0.3) is 5.76 Å². The molecule has 115 valence electrons. The van der Waals surface area contributed by atoms with Crippen LogP contribution in [0.1, 0.15) is 11.3 Å². The number of aliphatic carboxylic acids is 1. The van der Waals surface area contributed by atoms with Gasteiger partial charge in [-0.3, -0.25) is 4.79 Å². The van der Waals surface area contributed by atoms with Gasteiger partial charge in [-0.15, -0.1) is 0 Å². The molecule has 0 N–H and O–H groups in total. The van der Waals surface area contributed by atoms with E-state index in [1.54, 1.807) is 24.4 Å². The number of halogens is 1. The van der Waals surface area contributed by atoms with Gasteiger partial charge >= 0.3 is 16.8 Å². The van der Waals surface area contributed by atoms with Gasteiger partial charge in [0.25, 0.3) is 0 Å². The van der Waals surface area contributed by atoms with E-state index in [0.29, 0.717) is 12.6 Å². The molecule has 2 aromatic rings. The van der Waals surface area contributed by atoms with Crippen molar-refractivity contribution in [2.24, 2.45) is 0 Å². The Bertz CT molecular complexity index is 707. The fourth-order valence-corrected chi connectivity index (χ4v) is 1.81. The largest absolute Gasteiger partial charge is 2.00 e. The number of benzene rings is 1. The van der Waals surface area contributed by atoms with E-state index in [1.165, 1.54) is 22.8 Å². The van der Waals surface area contributed by atoms with Crippen molar-refractivity contribution in [1.82, 2.24) is 4.57 Å². The standard InChI is InChI=1S/C15H12FNO4.Co/c16-11-5-3-10(4-6-11)9-17-7-1-2-12(17)13(18)8-14(19)15(20)21;/h1-8,18H,9H2,(H,20,21);/q;+2/p-2/b13-8-;. The van der Waals surface area contributed by atoms with Gasteiger partial charge in [-0.2, -0.15) is 0 Å². The molecule has 0 spiro atoms. The van der Waals surface area contributed by atoms with Crippen LogP contribution in [0, 0.1) is 5.82 Å². The molecule has 22 heavy (non-hydrogen) atoms. The topological polar surface area (TPSA) is 85.2 Å². The zero-order valence-electron chi connectivity index (χ0n) is 11.1. The van der Waals surface area contributed by atoms with Crippen molar-refractivity contribution in [3.63, 3.8) is 0 Å². The van der Waals surface area contributed by atoms with Crippen LogP contribution < -0.4 is 10.2 Å². The van der Waals surface area contributed by atoms with Crippen molar-refractivity contribution in [3.8, 4) is 0 Å². The first-order chi connectivity index (χ1) is 9.97. The van der Waals surface area contributed by atoms with Crippen molar-refractivity contribution in [2.45, 2.75) is 6.54 Å². The molecule has 0 bridgehead atoms. The molecule has 7 heteroatoms. The Hall–Kier alpha value is -2.38.